The van der Waals surface area contributed by atoms with Crippen molar-refractivity contribution in [2.45, 2.75) is 54.9 Å². The summed E-state index contributed by atoms with van der Waals surface area (Å²) >= 11 is 0. The minimum absolute atomic E-state index is 0.0392. The van der Waals surface area contributed by atoms with Crippen molar-refractivity contribution in [3.63, 3.8) is 0 Å². The molecular weight excluding hydrogens is 306 g/mol. The molecule has 2 aliphatic heterocycles. The van der Waals surface area contributed by atoms with Crippen LogP contribution in [0.5, 0.6) is 11.5 Å². The zero-order valence-corrected chi connectivity index (χ0v) is 13.1. The number of likely N-dealkylation sites (tertiary alicyclic amines) is 1. The van der Waals surface area contributed by atoms with Crippen LogP contribution in [0.25, 0.3) is 0 Å². The number of hydrogen-bond acceptors (Lipinski definition) is 5. The number of piperidine rings is 1. The zero-order valence-electron chi connectivity index (χ0n) is 18.1. The molecule has 1 aromatic rings. The smallest absolute Gasteiger partial charge is 0.165 e. The summed E-state index contributed by atoms with van der Waals surface area (Å²) in [7, 11) is 0. The van der Waals surface area contributed by atoms with Gasteiger partial charge in [0.2, 0.25) is 0 Å². The molecule has 0 radical (unpaired) electrons. The van der Waals surface area contributed by atoms with Crippen LogP contribution in [0.15, 0.2) is 24.7 Å². The van der Waals surface area contributed by atoms with E-state index in [1.54, 1.807) is 6.07 Å². The lowest BCUT2D eigenvalue weighted by Crippen LogP contribution is -2.77. The minimum Gasteiger partial charge on any atom is -0.504 e. The molecule has 1 aromatic carbocycles. The van der Waals surface area contributed by atoms with Gasteiger partial charge in [-0.05, 0) is 43.9 Å². The molecule has 5 rings (SSSR count). The summed E-state index contributed by atoms with van der Waals surface area (Å²) in [6, 6.07) is 1.79. The lowest BCUT2D eigenvalue weighted by atomic mass is 9.48. The summed E-state index contributed by atoms with van der Waals surface area (Å²) in [6.45, 7) is -3.12. The maximum Gasteiger partial charge on any atom is 0.165 e. The highest BCUT2D eigenvalue weighted by molar-refractivity contribution is 5.62. The maximum absolute atomic E-state index is 12.0. The van der Waals surface area contributed by atoms with Crippen molar-refractivity contribution in [1.29, 1.82) is 0 Å². The third-order valence-electron chi connectivity index (χ3n) is 6.63. The van der Waals surface area contributed by atoms with Crippen molar-refractivity contribution < 1.29 is 26.9 Å². The predicted molar refractivity (Wildman–Crippen MR) is 88.3 cm³/mol. The molecule has 1 unspecified atom stereocenters. The molecule has 1 saturated carbocycles. The summed E-state index contributed by atoms with van der Waals surface area (Å²) < 4.78 is 45.7. The van der Waals surface area contributed by atoms with E-state index in [-0.39, 0.29) is 38.0 Å². The number of aliphatic hydroxyl groups is 2. The highest BCUT2D eigenvalue weighted by atomic mass is 16.5. The Hall–Kier alpha value is -1.56. The van der Waals surface area contributed by atoms with Gasteiger partial charge in [-0.1, -0.05) is 12.1 Å². The van der Waals surface area contributed by atoms with Gasteiger partial charge in [0, 0.05) is 20.8 Å². The Morgan fingerprint density at radius 2 is 2.42 bits per heavy atom. The highest BCUT2D eigenvalue weighted by Gasteiger charge is 2.72. The zero-order chi connectivity index (χ0) is 20.9. The van der Waals surface area contributed by atoms with E-state index in [9.17, 15) is 15.3 Å². The molecule has 5 nitrogen and oxygen atoms in total. The molecule has 2 heterocycles. The molecule has 3 N–H and O–H groups in total. The van der Waals surface area contributed by atoms with Gasteiger partial charge in [-0.25, -0.2) is 0 Å². The van der Waals surface area contributed by atoms with Crippen molar-refractivity contribution in [3.8, 4) is 11.5 Å². The molecule has 0 aromatic heterocycles. The summed E-state index contributed by atoms with van der Waals surface area (Å²) in [5, 5.41) is 33.1. The van der Waals surface area contributed by atoms with Gasteiger partial charge in [0.15, 0.2) is 11.5 Å². The monoisotopic (exact) mass is 334 g/mol. The van der Waals surface area contributed by atoms with Gasteiger partial charge in [-0.15, -0.1) is 6.53 Å². The second kappa shape index (κ2) is 4.54. The first-order valence-corrected chi connectivity index (χ1v) is 8.39. The Morgan fingerprint density at radius 1 is 1.54 bits per heavy atom. The molecule has 128 valence electrons. The van der Waals surface area contributed by atoms with Gasteiger partial charge in [-0.2, -0.15) is 0 Å². The third kappa shape index (κ3) is 1.43. The first-order chi connectivity index (χ1) is 13.6. The molecule has 4 aliphatic rings. The van der Waals surface area contributed by atoms with Crippen LogP contribution in [0.4, 0.5) is 0 Å². The van der Waals surface area contributed by atoms with E-state index < -0.39 is 48.3 Å². The summed E-state index contributed by atoms with van der Waals surface area (Å²) in [5.74, 6) is 0.255. The second-order valence-electron chi connectivity index (χ2n) is 7.39. The molecule has 0 amide bonds. The minimum atomic E-state index is -2.39. The molecule has 2 aliphatic carbocycles. The van der Waals surface area contributed by atoms with Crippen LogP contribution in [0, 0.1) is 0 Å². The SMILES string of the molecule is [2H]C([2H])=C([2H])C([2H])([2H])N1CC[C@]23c4c5ccc(O)c4OC2[C@@H](O)CC[C@@]3(O)[C@H]1C5. The average molecular weight is 334 g/mol. The van der Waals surface area contributed by atoms with Crippen molar-refractivity contribution in [3.05, 3.63) is 35.8 Å². The van der Waals surface area contributed by atoms with Gasteiger partial charge in [0.1, 0.15) is 6.10 Å². The van der Waals surface area contributed by atoms with Crippen molar-refractivity contribution in [1.82, 2.24) is 4.90 Å². The van der Waals surface area contributed by atoms with E-state index in [2.05, 4.69) is 0 Å². The van der Waals surface area contributed by atoms with Crippen LogP contribution < -0.4 is 4.74 Å². The van der Waals surface area contributed by atoms with E-state index in [1.807, 2.05) is 0 Å². The number of aromatic hydroxyl groups is 1. The van der Waals surface area contributed by atoms with Crippen LogP contribution >= 0.6 is 0 Å². The van der Waals surface area contributed by atoms with Crippen molar-refractivity contribution in [2.24, 2.45) is 0 Å². The fourth-order valence-electron chi connectivity index (χ4n) is 5.72. The van der Waals surface area contributed by atoms with Crippen LogP contribution in [0.3, 0.4) is 0 Å². The number of phenols is 1. The Kier molecular flexibility index (Phi) is 1.97. The van der Waals surface area contributed by atoms with Crippen LogP contribution in [-0.2, 0) is 11.8 Å². The van der Waals surface area contributed by atoms with Crippen LogP contribution in [0.1, 0.15) is 37.2 Å². The fourth-order valence-corrected chi connectivity index (χ4v) is 5.72. The first kappa shape index (κ1) is 10.4. The maximum atomic E-state index is 12.0. The van der Waals surface area contributed by atoms with Crippen LogP contribution in [0.2, 0.25) is 0 Å². The molecular formula is C19H23NO4. The van der Waals surface area contributed by atoms with Crippen molar-refractivity contribution in [2.75, 3.05) is 13.0 Å². The summed E-state index contributed by atoms with van der Waals surface area (Å²) in [6.07, 6.45) is -0.517. The first-order valence-electron chi connectivity index (χ1n) is 10.9. The summed E-state index contributed by atoms with van der Waals surface area (Å²) in [4.78, 5) is 1.40. The summed E-state index contributed by atoms with van der Waals surface area (Å²) in [5.41, 5.74) is -0.875. The lowest BCUT2D eigenvalue weighted by Gasteiger charge is -2.63. The van der Waals surface area contributed by atoms with E-state index in [4.69, 9.17) is 11.6 Å². The van der Waals surface area contributed by atoms with Gasteiger partial charge in [0.25, 0.3) is 0 Å². The number of hydrogen-bond donors (Lipinski definition) is 3. The second-order valence-corrected chi connectivity index (χ2v) is 7.39. The Balaban J connectivity index is 1.73. The standard InChI is InChI=1S/C19H23NO4/c1-2-8-20-9-7-18-15-11-3-4-12(21)16(15)24-17(18)13(22)5-6-19(18,23)14(20)10-11/h2-4,13-14,17,21-23H,1,5-10H2/t13-,14+,17?,18-,19+/m0/s1/i1D2,2D,8D2. The molecule has 1 saturated heterocycles. The number of aliphatic hydroxyl groups excluding tert-OH is 1. The molecule has 5 heteroatoms. The number of nitrogens with zero attached hydrogens (tertiary/aromatic N) is 1. The van der Waals surface area contributed by atoms with Crippen LogP contribution in [-0.4, -0.2) is 57.1 Å². The molecule has 2 fully saturated rings. The lowest BCUT2D eigenvalue weighted by molar-refractivity contribution is -0.206. The van der Waals surface area contributed by atoms with E-state index >= 15 is 0 Å². The molecule has 5 atom stereocenters. The molecule has 24 heavy (non-hydrogen) atoms. The highest BCUT2D eigenvalue weighted by Crippen LogP contribution is 2.65. The van der Waals surface area contributed by atoms with Gasteiger partial charge in [0.05, 0.1) is 21.2 Å². The Bertz CT molecular complexity index is 935. The van der Waals surface area contributed by atoms with Gasteiger partial charge >= 0.3 is 0 Å². The molecule has 2 bridgehead atoms. The van der Waals surface area contributed by atoms with E-state index in [0.717, 1.165) is 5.56 Å². The Morgan fingerprint density at radius 3 is 3.25 bits per heavy atom. The number of rotatable bonds is 2. The average Bonchev–Trinajstić information content (AvgIpc) is 3.01. The predicted octanol–water partition coefficient (Wildman–Crippen LogP) is 1.09. The third-order valence-corrected chi connectivity index (χ3v) is 6.63. The normalized spacial score (nSPS) is 45.8. The Labute approximate surface area is 148 Å². The number of phenolic OH excluding ortho intramolecular Hbond substituents is 1. The number of ether oxygens (including phenoxy) is 1. The van der Waals surface area contributed by atoms with Crippen molar-refractivity contribution >= 4 is 0 Å². The van der Waals surface area contributed by atoms with E-state index in [1.165, 1.54) is 11.0 Å². The van der Waals surface area contributed by atoms with Gasteiger partial charge in [-0.3, -0.25) is 4.90 Å². The van der Waals surface area contributed by atoms with E-state index in [0.29, 0.717) is 11.3 Å². The number of benzene rings is 1. The topological polar surface area (TPSA) is 73.2 Å². The molecule has 1 spiro atoms. The van der Waals surface area contributed by atoms with Gasteiger partial charge < -0.3 is 20.1 Å². The largest absolute Gasteiger partial charge is 0.504 e. The fraction of sp³-hybridized carbons (Fsp3) is 0.579. The quantitative estimate of drug-likeness (QED) is 0.706.